The summed E-state index contributed by atoms with van der Waals surface area (Å²) in [5, 5.41) is 3.49. The largest absolute Gasteiger partial charge is 0.380 e. The number of nitrogens with zero attached hydrogens (tertiary/aromatic N) is 2. The first-order chi connectivity index (χ1) is 10.2. The van der Waals surface area contributed by atoms with E-state index in [1.807, 2.05) is 7.05 Å². The van der Waals surface area contributed by atoms with E-state index in [4.69, 9.17) is 14.2 Å². The zero-order valence-corrected chi connectivity index (χ0v) is 13.1. The fraction of sp³-hybridized carbons (Fsp3) is 0.933. The highest BCUT2D eigenvalue weighted by Gasteiger charge is 2.35. The predicted octanol–water partition coefficient (Wildman–Crippen LogP) is 0.478. The standard InChI is InChI=1S/C15H27N3O3/c1-15(10-19-11-15)9-17-14(16-2)18-5-7-21-13(8-18)12-4-3-6-20-12/h12-13H,3-11H2,1-2H3,(H,16,17). The molecule has 0 bridgehead atoms. The molecule has 0 radical (unpaired) electrons. The van der Waals surface area contributed by atoms with Gasteiger partial charge < -0.3 is 24.4 Å². The van der Waals surface area contributed by atoms with Gasteiger partial charge in [-0.3, -0.25) is 4.99 Å². The molecule has 3 heterocycles. The third-order valence-corrected chi connectivity index (χ3v) is 4.56. The third-order valence-electron chi connectivity index (χ3n) is 4.56. The highest BCUT2D eigenvalue weighted by molar-refractivity contribution is 5.80. The van der Waals surface area contributed by atoms with Gasteiger partial charge in [-0.15, -0.1) is 0 Å². The summed E-state index contributed by atoms with van der Waals surface area (Å²) in [7, 11) is 1.85. The maximum Gasteiger partial charge on any atom is 0.193 e. The van der Waals surface area contributed by atoms with Crippen molar-refractivity contribution in [2.45, 2.75) is 32.0 Å². The molecular weight excluding hydrogens is 270 g/mol. The van der Waals surface area contributed by atoms with E-state index in [2.05, 4.69) is 22.1 Å². The molecule has 3 fully saturated rings. The van der Waals surface area contributed by atoms with Crippen LogP contribution in [0.5, 0.6) is 0 Å². The van der Waals surface area contributed by atoms with E-state index >= 15 is 0 Å². The maximum absolute atomic E-state index is 5.90. The van der Waals surface area contributed by atoms with Crippen molar-refractivity contribution in [3.8, 4) is 0 Å². The SMILES string of the molecule is CN=C(NCC1(C)COC1)N1CCOC(C2CCCO2)C1. The van der Waals surface area contributed by atoms with E-state index in [9.17, 15) is 0 Å². The molecule has 3 aliphatic heterocycles. The molecule has 0 amide bonds. The van der Waals surface area contributed by atoms with E-state index in [-0.39, 0.29) is 17.6 Å². The summed E-state index contributed by atoms with van der Waals surface area (Å²) >= 11 is 0. The molecule has 0 aliphatic carbocycles. The average molecular weight is 297 g/mol. The van der Waals surface area contributed by atoms with Crippen LogP contribution in [0.2, 0.25) is 0 Å². The normalized spacial score (nSPS) is 32.9. The Labute approximate surface area is 126 Å². The molecule has 1 N–H and O–H groups in total. The summed E-state index contributed by atoms with van der Waals surface area (Å²) in [5.41, 5.74) is 0.246. The molecule has 3 rings (SSSR count). The van der Waals surface area contributed by atoms with Crippen LogP contribution < -0.4 is 5.32 Å². The van der Waals surface area contributed by atoms with Crippen LogP contribution in [0.3, 0.4) is 0 Å². The van der Waals surface area contributed by atoms with E-state index in [0.29, 0.717) is 0 Å². The zero-order valence-electron chi connectivity index (χ0n) is 13.1. The molecule has 2 unspecified atom stereocenters. The predicted molar refractivity (Wildman–Crippen MR) is 80.6 cm³/mol. The molecule has 0 aromatic heterocycles. The summed E-state index contributed by atoms with van der Waals surface area (Å²) in [5.74, 6) is 0.967. The second-order valence-corrected chi connectivity index (χ2v) is 6.61. The summed E-state index contributed by atoms with van der Waals surface area (Å²) < 4.78 is 17.0. The lowest BCUT2D eigenvalue weighted by atomic mass is 9.89. The fourth-order valence-corrected chi connectivity index (χ4v) is 3.17. The number of rotatable bonds is 3. The molecule has 2 atom stereocenters. The molecular formula is C15H27N3O3. The van der Waals surface area contributed by atoms with E-state index in [1.54, 1.807) is 0 Å². The molecule has 0 aromatic carbocycles. The molecule has 3 aliphatic rings. The van der Waals surface area contributed by atoms with Gasteiger partial charge in [0.1, 0.15) is 6.10 Å². The molecule has 0 aromatic rings. The lowest BCUT2D eigenvalue weighted by Crippen LogP contribution is -2.56. The van der Waals surface area contributed by atoms with Crippen LogP contribution in [0.1, 0.15) is 19.8 Å². The Kier molecular flexibility index (Phi) is 4.66. The van der Waals surface area contributed by atoms with Gasteiger partial charge in [-0.05, 0) is 12.8 Å². The van der Waals surface area contributed by atoms with Gasteiger partial charge in [-0.25, -0.2) is 0 Å². The summed E-state index contributed by atoms with van der Waals surface area (Å²) in [6.07, 6.45) is 2.68. The second kappa shape index (κ2) is 6.50. The van der Waals surface area contributed by atoms with Crippen molar-refractivity contribution in [1.82, 2.24) is 10.2 Å². The van der Waals surface area contributed by atoms with Crippen LogP contribution in [0, 0.1) is 5.41 Å². The smallest absolute Gasteiger partial charge is 0.193 e. The number of ether oxygens (including phenoxy) is 3. The zero-order chi connectivity index (χ0) is 14.7. The van der Waals surface area contributed by atoms with Gasteiger partial charge >= 0.3 is 0 Å². The van der Waals surface area contributed by atoms with Crippen LogP contribution in [0.4, 0.5) is 0 Å². The maximum atomic E-state index is 5.90. The van der Waals surface area contributed by atoms with Crippen molar-refractivity contribution in [2.75, 3.05) is 53.1 Å². The first-order valence-corrected chi connectivity index (χ1v) is 7.97. The van der Waals surface area contributed by atoms with Gasteiger partial charge in [0.15, 0.2) is 5.96 Å². The Bertz CT molecular complexity index is 378. The Morgan fingerprint density at radius 1 is 1.29 bits per heavy atom. The highest BCUT2D eigenvalue weighted by atomic mass is 16.5. The van der Waals surface area contributed by atoms with Gasteiger partial charge in [-0.1, -0.05) is 6.92 Å². The Morgan fingerprint density at radius 2 is 2.10 bits per heavy atom. The minimum Gasteiger partial charge on any atom is -0.380 e. The van der Waals surface area contributed by atoms with Crippen LogP contribution in [-0.2, 0) is 14.2 Å². The molecule has 6 heteroatoms. The fourth-order valence-electron chi connectivity index (χ4n) is 3.17. The van der Waals surface area contributed by atoms with E-state index in [1.165, 1.54) is 0 Å². The number of guanidine groups is 1. The van der Waals surface area contributed by atoms with Crippen molar-refractivity contribution < 1.29 is 14.2 Å². The molecule has 0 saturated carbocycles. The number of morpholine rings is 1. The molecule has 120 valence electrons. The van der Waals surface area contributed by atoms with Gasteiger partial charge in [0.25, 0.3) is 0 Å². The van der Waals surface area contributed by atoms with Gasteiger partial charge in [0.05, 0.1) is 25.9 Å². The number of aliphatic imine (C=N–C) groups is 1. The van der Waals surface area contributed by atoms with Crippen molar-refractivity contribution >= 4 is 5.96 Å². The monoisotopic (exact) mass is 297 g/mol. The molecule has 3 saturated heterocycles. The summed E-state index contributed by atoms with van der Waals surface area (Å²) in [6, 6.07) is 0. The molecule has 0 spiro atoms. The van der Waals surface area contributed by atoms with Crippen LogP contribution in [0.25, 0.3) is 0 Å². The van der Waals surface area contributed by atoms with E-state index in [0.717, 1.165) is 64.9 Å². The minimum atomic E-state index is 0.169. The minimum absolute atomic E-state index is 0.169. The first-order valence-electron chi connectivity index (χ1n) is 7.97. The summed E-state index contributed by atoms with van der Waals surface area (Å²) in [6.45, 7) is 8.17. The second-order valence-electron chi connectivity index (χ2n) is 6.61. The lowest BCUT2D eigenvalue weighted by Gasteiger charge is -2.41. The van der Waals surface area contributed by atoms with Gasteiger partial charge in [-0.2, -0.15) is 0 Å². The summed E-state index contributed by atoms with van der Waals surface area (Å²) in [4.78, 5) is 6.72. The van der Waals surface area contributed by atoms with Crippen molar-refractivity contribution in [3.63, 3.8) is 0 Å². The van der Waals surface area contributed by atoms with Gasteiger partial charge in [0, 0.05) is 38.7 Å². The van der Waals surface area contributed by atoms with E-state index < -0.39 is 0 Å². The quantitative estimate of drug-likeness (QED) is 0.606. The number of nitrogens with one attached hydrogen (secondary N) is 1. The van der Waals surface area contributed by atoms with Gasteiger partial charge in [0.2, 0.25) is 0 Å². The van der Waals surface area contributed by atoms with Crippen LogP contribution >= 0.6 is 0 Å². The van der Waals surface area contributed by atoms with Crippen molar-refractivity contribution in [2.24, 2.45) is 10.4 Å². The number of hydrogen-bond donors (Lipinski definition) is 1. The molecule has 6 nitrogen and oxygen atoms in total. The molecule has 21 heavy (non-hydrogen) atoms. The first kappa shape index (κ1) is 15.1. The van der Waals surface area contributed by atoms with Crippen molar-refractivity contribution in [1.29, 1.82) is 0 Å². The number of hydrogen-bond acceptors (Lipinski definition) is 4. The van der Waals surface area contributed by atoms with Crippen LogP contribution in [0.15, 0.2) is 4.99 Å². The Morgan fingerprint density at radius 3 is 2.71 bits per heavy atom. The van der Waals surface area contributed by atoms with Crippen molar-refractivity contribution in [3.05, 3.63) is 0 Å². The van der Waals surface area contributed by atoms with Crippen LogP contribution in [-0.4, -0.2) is 76.2 Å². The highest BCUT2D eigenvalue weighted by Crippen LogP contribution is 2.25. The lowest BCUT2D eigenvalue weighted by molar-refractivity contribution is -0.0983. The Hall–Kier alpha value is -0.850. The average Bonchev–Trinajstić information content (AvgIpc) is 3.01. The third kappa shape index (κ3) is 3.49. The topological polar surface area (TPSA) is 55.3 Å². The Balaban J connectivity index is 1.53.